The number of thioether (sulfide) groups is 1. The molecule has 1 N–H and O–H groups in total. The van der Waals surface area contributed by atoms with Gasteiger partial charge < -0.3 is 14.8 Å². The summed E-state index contributed by atoms with van der Waals surface area (Å²) in [7, 11) is 1.82. The average molecular weight is 257 g/mol. The van der Waals surface area contributed by atoms with Gasteiger partial charge in [0, 0.05) is 31.6 Å². The van der Waals surface area contributed by atoms with Gasteiger partial charge in [-0.05, 0) is 37.9 Å². The molecule has 1 spiro atoms. The molecule has 0 radical (unpaired) electrons. The fourth-order valence-corrected chi connectivity index (χ4v) is 4.64. The van der Waals surface area contributed by atoms with Gasteiger partial charge in [0.25, 0.3) is 0 Å². The van der Waals surface area contributed by atoms with Crippen molar-refractivity contribution >= 4 is 11.8 Å². The lowest BCUT2D eigenvalue weighted by Gasteiger charge is -2.43. The Balaban J connectivity index is 1.48. The maximum absolute atomic E-state index is 6.05. The normalized spacial score (nSPS) is 46.1. The first kappa shape index (κ1) is 12.3. The van der Waals surface area contributed by atoms with Gasteiger partial charge >= 0.3 is 0 Å². The lowest BCUT2D eigenvalue weighted by Crippen LogP contribution is -2.54. The third-order valence-corrected chi connectivity index (χ3v) is 5.68. The largest absolute Gasteiger partial charge is 0.381 e. The van der Waals surface area contributed by atoms with Crippen molar-refractivity contribution in [2.24, 2.45) is 0 Å². The second-order valence-electron chi connectivity index (χ2n) is 5.72. The zero-order valence-electron chi connectivity index (χ0n) is 10.6. The molecule has 2 saturated heterocycles. The number of hydrogen-bond donors (Lipinski definition) is 1. The summed E-state index contributed by atoms with van der Waals surface area (Å²) in [6.45, 7) is 0.943. The standard InChI is InChI=1S/C13H23NO2S/c1-15-12-6-11(7-12)14-10-2-4-16-13(8-10)3-5-17-9-13/h10-12,14H,2-9H2,1H3. The molecule has 0 amide bonds. The maximum Gasteiger partial charge on any atom is 0.0795 e. The van der Waals surface area contributed by atoms with Crippen LogP contribution in [-0.4, -0.2) is 49.0 Å². The summed E-state index contributed by atoms with van der Waals surface area (Å²) >= 11 is 2.05. The molecular formula is C13H23NO2S. The molecule has 17 heavy (non-hydrogen) atoms. The van der Waals surface area contributed by atoms with E-state index >= 15 is 0 Å². The second-order valence-corrected chi connectivity index (χ2v) is 6.82. The van der Waals surface area contributed by atoms with E-state index in [1.54, 1.807) is 0 Å². The number of rotatable bonds is 3. The van der Waals surface area contributed by atoms with Crippen LogP contribution in [0.2, 0.25) is 0 Å². The van der Waals surface area contributed by atoms with E-state index in [9.17, 15) is 0 Å². The zero-order chi connectivity index (χ0) is 11.7. The van der Waals surface area contributed by atoms with E-state index in [-0.39, 0.29) is 5.60 Å². The van der Waals surface area contributed by atoms with Crippen LogP contribution in [0.4, 0.5) is 0 Å². The molecular weight excluding hydrogens is 234 g/mol. The molecule has 1 aliphatic carbocycles. The molecule has 3 aliphatic rings. The Morgan fingerprint density at radius 2 is 2.24 bits per heavy atom. The van der Waals surface area contributed by atoms with E-state index in [1.807, 2.05) is 7.11 Å². The SMILES string of the molecule is COC1CC(NC2CCOC3(CCSC3)C2)C1. The quantitative estimate of drug-likeness (QED) is 0.835. The fraction of sp³-hybridized carbons (Fsp3) is 1.00. The summed E-state index contributed by atoms with van der Waals surface area (Å²) in [5.74, 6) is 2.48. The summed E-state index contributed by atoms with van der Waals surface area (Å²) in [5.41, 5.74) is 0.213. The molecule has 2 atom stereocenters. The highest BCUT2D eigenvalue weighted by atomic mass is 32.2. The van der Waals surface area contributed by atoms with Crippen LogP contribution < -0.4 is 5.32 Å². The Bertz CT molecular complexity index is 262. The second kappa shape index (κ2) is 5.08. The van der Waals surface area contributed by atoms with Gasteiger partial charge in [-0.15, -0.1) is 0 Å². The molecule has 98 valence electrons. The van der Waals surface area contributed by atoms with Crippen LogP contribution in [-0.2, 0) is 9.47 Å². The van der Waals surface area contributed by atoms with Gasteiger partial charge in [-0.25, -0.2) is 0 Å². The monoisotopic (exact) mass is 257 g/mol. The highest BCUT2D eigenvalue weighted by Crippen LogP contribution is 2.38. The van der Waals surface area contributed by atoms with Gasteiger partial charge in [0.05, 0.1) is 11.7 Å². The zero-order valence-corrected chi connectivity index (χ0v) is 11.4. The maximum atomic E-state index is 6.05. The first-order chi connectivity index (χ1) is 8.30. The third-order valence-electron chi connectivity index (χ3n) is 4.46. The predicted octanol–water partition coefficient (Wildman–Crippen LogP) is 1.81. The number of nitrogens with one attached hydrogen (secondary N) is 1. The van der Waals surface area contributed by atoms with Crippen LogP contribution in [0, 0.1) is 0 Å². The van der Waals surface area contributed by atoms with Gasteiger partial charge in [-0.1, -0.05) is 0 Å². The molecule has 4 heteroatoms. The van der Waals surface area contributed by atoms with Crippen molar-refractivity contribution in [2.75, 3.05) is 25.2 Å². The van der Waals surface area contributed by atoms with Gasteiger partial charge in [-0.2, -0.15) is 11.8 Å². The number of methoxy groups -OCH3 is 1. The van der Waals surface area contributed by atoms with Crippen molar-refractivity contribution in [3.8, 4) is 0 Å². The molecule has 3 nitrogen and oxygen atoms in total. The molecule has 3 rings (SSSR count). The lowest BCUT2D eigenvalue weighted by molar-refractivity contribution is -0.0759. The first-order valence-corrected chi connectivity index (χ1v) is 7.96. The summed E-state index contributed by atoms with van der Waals surface area (Å²) in [5, 5.41) is 3.80. The summed E-state index contributed by atoms with van der Waals surface area (Å²) in [6, 6.07) is 1.36. The Morgan fingerprint density at radius 1 is 1.35 bits per heavy atom. The van der Waals surface area contributed by atoms with Crippen molar-refractivity contribution in [3.63, 3.8) is 0 Å². The Morgan fingerprint density at radius 3 is 2.94 bits per heavy atom. The molecule has 0 bridgehead atoms. The molecule has 2 aliphatic heterocycles. The van der Waals surface area contributed by atoms with Crippen molar-refractivity contribution in [2.45, 2.75) is 55.9 Å². The fourth-order valence-electron chi connectivity index (χ4n) is 3.26. The van der Waals surface area contributed by atoms with Gasteiger partial charge in [0.2, 0.25) is 0 Å². The predicted molar refractivity (Wildman–Crippen MR) is 70.6 cm³/mol. The highest BCUT2D eigenvalue weighted by Gasteiger charge is 2.41. The van der Waals surface area contributed by atoms with Gasteiger partial charge in [0.1, 0.15) is 0 Å². The first-order valence-electron chi connectivity index (χ1n) is 6.80. The van der Waals surface area contributed by atoms with Crippen LogP contribution in [0.25, 0.3) is 0 Å². The van der Waals surface area contributed by atoms with Crippen LogP contribution >= 0.6 is 11.8 Å². The van der Waals surface area contributed by atoms with Crippen molar-refractivity contribution in [1.82, 2.24) is 5.32 Å². The van der Waals surface area contributed by atoms with Crippen molar-refractivity contribution < 1.29 is 9.47 Å². The summed E-state index contributed by atoms with van der Waals surface area (Å²) in [6.07, 6.45) is 6.53. The Labute approximate surface area is 108 Å². The van der Waals surface area contributed by atoms with E-state index in [4.69, 9.17) is 9.47 Å². The molecule has 3 fully saturated rings. The minimum absolute atomic E-state index is 0.213. The Kier molecular flexibility index (Phi) is 3.67. The Hall–Kier alpha value is 0.230. The van der Waals surface area contributed by atoms with Gasteiger partial charge in [0.15, 0.2) is 0 Å². The van der Waals surface area contributed by atoms with Crippen molar-refractivity contribution in [1.29, 1.82) is 0 Å². The average Bonchev–Trinajstić information content (AvgIpc) is 2.71. The van der Waals surface area contributed by atoms with Crippen LogP contribution in [0.15, 0.2) is 0 Å². The smallest absolute Gasteiger partial charge is 0.0795 e. The molecule has 2 unspecified atom stereocenters. The van der Waals surface area contributed by atoms with E-state index in [0.29, 0.717) is 18.2 Å². The topological polar surface area (TPSA) is 30.5 Å². The van der Waals surface area contributed by atoms with Crippen LogP contribution in [0.5, 0.6) is 0 Å². The number of hydrogen-bond acceptors (Lipinski definition) is 4. The summed E-state index contributed by atoms with van der Waals surface area (Å²) in [4.78, 5) is 0. The highest BCUT2D eigenvalue weighted by molar-refractivity contribution is 7.99. The van der Waals surface area contributed by atoms with Gasteiger partial charge in [-0.3, -0.25) is 0 Å². The molecule has 2 heterocycles. The van der Waals surface area contributed by atoms with E-state index < -0.39 is 0 Å². The molecule has 1 saturated carbocycles. The third kappa shape index (κ3) is 2.65. The molecule has 0 aromatic heterocycles. The van der Waals surface area contributed by atoms with E-state index in [0.717, 1.165) is 6.61 Å². The lowest BCUT2D eigenvalue weighted by atomic mass is 9.85. The van der Waals surface area contributed by atoms with E-state index in [1.165, 1.54) is 43.6 Å². The summed E-state index contributed by atoms with van der Waals surface area (Å²) < 4.78 is 11.4. The number of ether oxygens (including phenoxy) is 2. The van der Waals surface area contributed by atoms with Crippen LogP contribution in [0.3, 0.4) is 0 Å². The van der Waals surface area contributed by atoms with E-state index in [2.05, 4.69) is 17.1 Å². The minimum Gasteiger partial charge on any atom is -0.381 e. The van der Waals surface area contributed by atoms with Crippen molar-refractivity contribution in [3.05, 3.63) is 0 Å². The molecule has 0 aromatic rings. The molecule has 0 aromatic carbocycles. The van der Waals surface area contributed by atoms with Crippen LogP contribution in [0.1, 0.15) is 32.1 Å². The minimum atomic E-state index is 0.213.